The number of nitrogens with one attached hydrogen (secondary N) is 1. The number of aromatic nitrogens is 3. The summed E-state index contributed by atoms with van der Waals surface area (Å²) in [6.45, 7) is 1.76. The van der Waals surface area contributed by atoms with Crippen molar-refractivity contribution in [3.05, 3.63) is 11.9 Å². The molecule has 0 unspecified atom stereocenters. The highest BCUT2D eigenvalue weighted by Crippen LogP contribution is 2.19. The van der Waals surface area contributed by atoms with Crippen LogP contribution in [0.5, 0.6) is 0 Å². The smallest absolute Gasteiger partial charge is 0.358 e. The van der Waals surface area contributed by atoms with Gasteiger partial charge in [-0.15, -0.1) is 11.5 Å². The molecule has 1 aliphatic heterocycles. The molecule has 1 aromatic rings. The Labute approximate surface area is 109 Å². The van der Waals surface area contributed by atoms with Crippen LogP contribution in [-0.4, -0.2) is 63.1 Å². The van der Waals surface area contributed by atoms with Crippen molar-refractivity contribution in [3.63, 3.8) is 0 Å². The van der Waals surface area contributed by atoms with Gasteiger partial charge >= 0.3 is 5.97 Å². The van der Waals surface area contributed by atoms with E-state index in [9.17, 15) is 9.59 Å². The number of hydrogen-bond acceptors (Lipinski definition) is 5. The fourth-order valence-corrected chi connectivity index (χ4v) is 1.80. The Bertz CT molecular complexity index is 527. The van der Waals surface area contributed by atoms with Crippen molar-refractivity contribution in [1.82, 2.24) is 25.2 Å². The summed E-state index contributed by atoms with van der Waals surface area (Å²) < 4.78 is 1.51. The Hall–Kier alpha value is -2.40. The number of carbonyl (C=O) groups is 2. The number of hydrogen-bond donors (Lipinski definition) is 2. The molecule has 1 fully saturated rings. The second kappa shape index (κ2) is 5.49. The van der Waals surface area contributed by atoms with Crippen LogP contribution in [0.1, 0.15) is 16.5 Å². The van der Waals surface area contributed by atoms with E-state index >= 15 is 0 Å². The monoisotopic (exact) mass is 263 g/mol. The van der Waals surface area contributed by atoms with Gasteiger partial charge in [0.05, 0.1) is 25.3 Å². The molecule has 0 spiro atoms. The van der Waals surface area contributed by atoms with Gasteiger partial charge in [0.15, 0.2) is 5.69 Å². The van der Waals surface area contributed by atoms with Gasteiger partial charge < -0.3 is 10.4 Å². The zero-order valence-corrected chi connectivity index (χ0v) is 10.1. The molecule has 8 nitrogen and oxygen atoms in total. The Morgan fingerprint density at radius 2 is 2.32 bits per heavy atom. The molecule has 100 valence electrons. The minimum atomic E-state index is -1.10. The van der Waals surface area contributed by atoms with Gasteiger partial charge in [0.1, 0.15) is 0 Å². The van der Waals surface area contributed by atoms with Crippen LogP contribution in [0.15, 0.2) is 6.20 Å². The lowest BCUT2D eigenvalue weighted by molar-refractivity contribution is -0.123. The Morgan fingerprint density at radius 3 is 2.89 bits per heavy atom. The number of carboxylic acid groups (broad SMARTS) is 1. The van der Waals surface area contributed by atoms with E-state index in [1.54, 1.807) is 0 Å². The molecule has 1 amide bonds. The van der Waals surface area contributed by atoms with Crippen molar-refractivity contribution < 1.29 is 14.7 Å². The van der Waals surface area contributed by atoms with Crippen molar-refractivity contribution in [3.8, 4) is 12.3 Å². The minimum Gasteiger partial charge on any atom is -0.476 e. The molecule has 0 radical (unpaired) electrons. The average Bonchev–Trinajstić information content (AvgIpc) is 2.79. The van der Waals surface area contributed by atoms with Crippen molar-refractivity contribution in [2.24, 2.45) is 0 Å². The van der Waals surface area contributed by atoms with Gasteiger partial charge in [-0.2, -0.15) is 0 Å². The van der Waals surface area contributed by atoms with Crippen LogP contribution in [0.4, 0.5) is 0 Å². The van der Waals surface area contributed by atoms with Crippen LogP contribution in [0, 0.1) is 12.3 Å². The number of carboxylic acids is 1. The maximum Gasteiger partial charge on any atom is 0.358 e. The summed E-state index contributed by atoms with van der Waals surface area (Å²) in [6, 6.07) is 0.0565. The second-order valence-electron chi connectivity index (χ2n) is 4.22. The first-order valence-electron chi connectivity index (χ1n) is 5.68. The normalized spacial score (nSPS) is 15.5. The zero-order valence-electron chi connectivity index (χ0n) is 10.1. The highest BCUT2D eigenvalue weighted by Gasteiger charge is 2.30. The lowest BCUT2D eigenvalue weighted by Crippen LogP contribution is -2.51. The van der Waals surface area contributed by atoms with E-state index in [1.807, 2.05) is 4.90 Å². The molecule has 0 atom stereocenters. The Kier molecular flexibility index (Phi) is 3.77. The summed E-state index contributed by atoms with van der Waals surface area (Å²) in [5.41, 5.74) is -0.0785. The van der Waals surface area contributed by atoms with Crippen LogP contribution in [0.2, 0.25) is 0 Å². The number of nitrogens with zero attached hydrogens (tertiary/aromatic N) is 4. The molecule has 2 heterocycles. The van der Waals surface area contributed by atoms with E-state index in [2.05, 4.69) is 21.5 Å². The third kappa shape index (κ3) is 3.08. The summed E-state index contributed by atoms with van der Waals surface area (Å²) in [7, 11) is 0. The molecule has 0 saturated carbocycles. The first-order chi connectivity index (χ1) is 9.10. The van der Waals surface area contributed by atoms with Crippen molar-refractivity contribution >= 4 is 11.9 Å². The topological polar surface area (TPSA) is 100 Å². The lowest BCUT2D eigenvalue weighted by atomic mass is 10.1. The van der Waals surface area contributed by atoms with Gasteiger partial charge in [-0.25, -0.2) is 9.48 Å². The zero-order chi connectivity index (χ0) is 13.8. The highest BCUT2D eigenvalue weighted by atomic mass is 16.4. The van der Waals surface area contributed by atoms with Crippen molar-refractivity contribution in [2.75, 3.05) is 26.2 Å². The van der Waals surface area contributed by atoms with E-state index in [1.165, 1.54) is 10.9 Å². The maximum atomic E-state index is 11.4. The van der Waals surface area contributed by atoms with Gasteiger partial charge in [-0.05, 0) is 0 Å². The molecule has 1 aliphatic rings. The average molecular weight is 263 g/mol. The fourth-order valence-electron chi connectivity index (χ4n) is 1.80. The Balaban J connectivity index is 1.78. The quantitative estimate of drug-likeness (QED) is 0.633. The predicted molar refractivity (Wildman–Crippen MR) is 64.3 cm³/mol. The summed E-state index contributed by atoms with van der Waals surface area (Å²) in [5.74, 6) is 1.10. The highest BCUT2D eigenvalue weighted by molar-refractivity contribution is 5.84. The van der Waals surface area contributed by atoms with Crippen LogP contribution in [0.25, 0.3) is 0 Å². The van der Waals surface area contributed by atoms with Crippen LogP contribution in [0.3, 0.4) is 0 Å². The fraction of sp³-hybridized carbons (Fsp3) is 0.455. The minimum absolute atomic E-state index is 0.0565. The van der Waals surface area contributed by atoms with Gasteiger partial charge in [0, 0.05) is 13.1 Å². The van der Waals surface area contributed by atoms with E-state index < -0.39 is 5.97 Å². The summed E-state index contributed by atoms with van der Waals surface area (Å²) in [5, 5.41) is 18.6. The molecule has 2 rings (SSSR count). The molecular weight excluding hydrogens is 250 g/mol. The molecule has 0 aliphatic carbocycles. The number of rotatable bonds is 5. The standard InChI is InChI=1S/C11H13N5O3/c1-2-3-12-10(17)7-15-4-8(5-15)16-6-9(11(18)19)13-14-16/h1,6,8H,3-5,7H2,(H,12,17)(H,18,19). The first kappa shape index (κ1) is 13.0. The van der Waals surface area contributed by atoms with Gasteiger partial charge in [0.25, 0.3) is 0 Å². The molecule has 19 heavy (non-hydrogen) atoms. The molecule has 1 saturated heterocycles. The number of carbonyl (C=O) groups excluding carboxylic acids is 1. The number of amides is 1. The van der Waals surface area contributed by atoms with Crippen LogP contribution >= 0.6 is 0 Å². The third-order valence-corrected chi connectivity index (χ3v) is 2.80. The van der Waals surface area contributed by atoms with Gasteiger partial charge in [-0.3, -0.25) is 9.69 Å². The molecule has 2 N–H and O–H groups in total. The number of aromatic carboxylic acids is 1. The molecular formula is C11H13N5O3. The first-order valence-corrected chi connectivity index (χ1v) is 5.68. The van der Waals surface area contributed by atoms with Gasteiger partial charge in [0.2, 0.25) is 5.91 Å². The summed E-state index contributed by atoms with van der Waals surface area (Å²) in [6.07, 6.45) is 6.43. The third-order valence-electron chi connectivity index (χ3n) is 2.80. The molecule has 0 bridgehead atoms. The summed E-state index contributed by atoms with van der Waals surface area (Å²) in [4.78, 5) is 24.0. The lowest BCUT2D eigenvalue weighted by Gasteiger charge is -2.38. The number of terminal acetylenes is 1. The Morgan fingerprint density at radius 1 is 1.58 bits per heavy atom. The maximum absolute atomic E-state index is 11.4. The van der Waals surface area contributed by atoms with Gasteiger partial charge in [-0.1, -0.05) is 11.1 Å². The number of likely N-dealkylation sites (tertiary alicyclic amines) is 1. The van der Waals surface area contributed by atoms with Crippen molar-refractivity contribution in [2.45, 2.75) is 6.04 Å². The van der Waals surface area contributed by atoms with E-state index in [0.717, 1.165) is 0 Å². The largest absolute Gasteiger partial charge is 0.476 e. The van der Waals surface area contributed by atoms with E-state index in [-0.39, 0.29) is 30.7 Å². The molecule has 8 heteroatoms. The second-order valence-corrected chi connectivity index (χ2v) is 4.22. The summed E-state index contributed by atoms with van der Waals surface area (Å²) >= 11 is 0. The van der Waals surface area contributed by atoms with Crippen LogP contribution in [-0.2, 0) is 4.79 Å². The van der Waals surface area contributed by atoms with Crippen molar-refractivity contribution in [1.29, 1.82) is 0 Å². The van der Waals surface area contributed by atoms with E-state index in [4.69, 9.17) is 11.5 Å². The SMILES string of the molecule is C#CCNC(=O)CN1CC(n2cc(C(=O)O)nn2)C1. The van der Waals surface area contributed by atoms with E-state index in [0.29, 0.717) is 13.1 Å². The predicted octanol–water partition coefficient (Wildman–Crippen LogP) is -1.42. The molecule has 0 aromatic carbocycles. The van der Waals surface area contributed by atoms with Crippen LogP contribution < -0.4 is 5.32 Å². The molecule has 1 aromatic heterocycles.